The summed E-state index contributed by atoms with van der Waals surface area (Å²) in [6.07, 6.45) is 1.29. The summed E-state index contributed by atoms with van der Waals surface area (Å²) in [4.78, 5) is 3.97. The monoisotopic (exact) mass is 286 g/mol. The molecule has 0 saturated carbocycles. The Balaban J connectivity index is 1.69. The zero-order chi connectivity index (χ0) is 14.7. The van der Waals surface area contributed by atoms with E-state index in [9.17, 15) is 4.39 Å². The Hall–Kier alpha value is -2.96. The average molecular weight is 286 g/mol. The Morgan fingerprint density at radius 2 is 2.10 bits per heavy atom. The minimum atomic E-state index is -0.297. The van der Waals surface area contributed by atoms with Gasteiger partial charge in [0.1, 0.15) is 17.3 Å². The Kier molecular flexibility index (Phi) is 3.46. The quantitative estimate of drug-likeness (QED) is 0.767. The van der Waals surface area contributed by atoms with E-state index >= 15 is 0 Å². The van der Waals surface area contributed by atoms with Crippen molar-refractivity contribution in [1.82, 2.24) is 15.2 Å². The van der Waals surface area contributed by atoms with Crippen molar-refractivity contribution in [3.63, 3.8) is 0 Å². The number of anilines is 1. The normalized spacial score (nSPS) is 10.5. The summed E-state index contributed by atoms with van der Waals surface area (Å²) in [5.74, 6) is -0.00623. The van der Waals surface area contributed by atoms with Crippen molar-refractivity contribution in [1.29, 1.82) is 0 Å². The van der Waals surface area contributed by atoms with Crippen LogP contribution in [-0.4, -0.2) is 20.3 Å². The van der Waals surface area contributed by atoms with E-state index in [1.165, 1.54) is 24.4 Å². The maximum absolute atomic E-state index is 13.0. The van der Waals surface area contributed by atoms with Crippen LogP contribution in [0.3, 0.4) is 0 Å². The van der Waals surface area contributed by atoms with Gasteiger partial charge in [-0.3, -0.25) is 0 Å². The Morgan fingerprint density at radius 1 is 1.19 bits per heavy atom. The third-order valence-electron chi connectivity index (χ3n) is 2.72. The number of aromatic nitrogens is 3. The zero-order valence-corrected chi connectivity index (χ0v) is 10.8. The van der Waals surface area contributed by atoms with Crippen molar-refractivity contribution >= 4 is 6.01 Å². The smallest absolute Gasteiger partial charge is 0.316 e. The van der Waals surface area contributed by atoms with Gasteiger partial charge in [0.05, 0.1) is 6.20 Å². The van der Waals surface area contributed by atoms with Gasteiger partial charge in [-0.15, -0.1) is 5.10 Å². The lowest BCUT2D eigenvalue weighted by atomic mass is 10.2. The van der Waals surface area contributed by atoms with Gasteiger partial charge in [-0.25, -0.2) is 9.37 Å². The molecule has 0 spiro atoms. The highest BCUT2D eigenvalue weighted by Gasteiger charge is 2.09. The van der Waals surface area contributed by atoms with Crippen LogP contribution in [-0.2, 0) is 6.54 Å². The second kappa shape index (κ2) is 5.58. The van der Waals surface area contributed by atoms with E-state index in [0.717, 1.165) is 5.56 Å². The number of benzene rings is 1. The molecule has 3 aromatic rings. The Bertz CT molecular complexity index is 743. The molecular weight excluding hydrogens is 275 g/mol. The molecule has 0 saturated heterocycles. The second-order valence-corrected chi connectivity index (χ2v) is 4.30. The molecular formula is C14H11FN4O2. The van der Waals surface area contributed by atoms with Crippen molar-refractivity contribution in [2.24, 2.45) is 0 Å². The first-order chi connectivity index (χ1) is 10.2. The van der Waals surface area contributed by atoms with Crippen LogP contribution in [0, 0.1) is 5.82 Å². The first kappa shape index (κ1) is 13.0. The van der Waals surface area contributed by atoms with Gasteiger partial charge in [0.2, 0.25) is 0 Å². The summed E-state index contributed by atoms with van der Waals surface area (Å²) in [5.41, 5.74) is 1.22. The highest BCUT2D eigenvalue weighted by molar-refractivity contribution is 5.48. The van der Waals surface area contributed by atoms with Crippen LogP contribution in [0.4, 0.5) is 10.4 Å². The van der Waals surface area contributed by atoms with Crippen molar-refractivity contribution < 1.29 is 13.9 Å². The molecule has 7 heteroatoms. The number of rotatable bonds is 4. The summed E-state index contributed by atoms with van der Waals surface area (Å²) in [5, 5.41) is 19.8. The molecule has 0 fully saturated rings. The fraction of sp³-hybridized carbons (Fsp3) is 0.0714. The van der Waals surface area contributed by atoms with Crippen molar-refractivity contribution in [3.05, 3.63) is 54.0 Å². The second-order valence-electron chi connectivity index (χ2n) is 4.30. The molecule has 0 amide bonds. The predicted octanol–water partition coefficient (Wildman–Crippen LogP) is 2.59. The van der Waals surface area contributed by atoms with E-state index in [-0.39, 0.29) is 23.5 Å². The van der Waals surface area contributed by atoms with Crippen LogP contribution >= 0.6 is 0 Å². The fourth-order valence-corrected chi connectivity index (χ4v) is 1.74. The lowest BCUT2D eigenvalue weighted by Crippen LogP contribution is -1.99. The summed E-state index contributed by atoms with van der Waals surface area (Å²) in [6.45, 7) is 0.363. The first-order valence-corrected chi connectivity index (χ1v) is 6.18. The summed E-state index contributed by atoms with van der Waals surface area (Å²) in [6, 6.07) is 9.48. The third-order valence-corrected chi connectivity index (χ3v) is 2.72. The van der Waals surface area contributed by atoms with Gasteiger partial charge in [0.25, 0.3) is 5.89 Å². The molecule has 0 radical (unpaired) electrons. The van der Waals surface area contributed by atoms with Gasteiger partial charge >= 0.3 is 6.01 Å². The first-order valence-electron chi connectivity index (χ1n) is 6.18. The van der Waals surface area contributed by atoms with Gasteiger partial charge in [0.15, 0.2) is 0 Å². The number of nitrogens with one attached hydrogen (secondary N) is 1. The molecule has 0 aliphatic heterocycles. The molecule has 2 aromatic heterocycles. The summed E-state index contributed by atoms with van der Waals surface area (Å²) < 4.78 is 18.4. The molecule has 0 bridgehead atoms. The molecule has 0 aliphatic carbocycles. The standard InChI is InChI=1S/C14H11FN4O2/c15-10-3-1-2-9(6-10)7-17-14-19-18-13(21-14)12-5-4-11(20)8-16-12/h1-6,8,20H,7H2,(H,17,19). The van der Waals surface area contributed by atoms with Crippen LogP contribution in [0.1, 0.15) is 5.56 Å². The van der Waals surface area contributed by atoms with Gasteiger partial charge < -0.3 is 14.8 Å². The van der Waals surface area contributed by atoms with Gasteiger partial charge in [-0.2, -0.15) is 0 Å². The van der Waals surface area contributed by atoms with Gasteiger partial charge in [-0.05, 0) is 29.8 Å². The molecule has 0 aliphatic rings. The number of hydrogen-bond acceptors (Lipinski definition) is 6. The van der Waals surface area contributed by atoms with Crippen molar-refractivity contribution in [3.8, 4) is 17.3 Å². The number of pyridine rings is 1. The fourth-order valence-electron chi connectivity index (χ4n) is 1.74. The number of halogens is 1. The van der Waals surface area contributed by atoms with Crippen LogP contribution in [0.15, 0.2) is 47.0 Å². The molecule has 2 heterocycles. The van der Waals surface area contributed by atoms with Crippen molar-refractivity contribution in [2.45, 2.75) is 6.54 Å². The third kappa shape index (κ3) is 3.14. The number of aromatic hydroxyl groups is 1. The molecule has 21 heavy (non-hydrogen) atoms. The van der Waals surface area contributed by atoms with Crippen LogP contribution in [0.5, 0.6) is 5.75 Å². The molecule has 0 atom stereocenters. The van der Waals surface area contributed by atoms with Crippen LogP contribution in [0.25, 0.3) is 11.6 Å². The van der Waals surface area contributed by atoms with Crippen molar-refractivity contribution in [2.75, 3.05) is 5.32 Å². The SMILES string of the molecule is Oc1ccc(-c2nnc(NCc3cccc(F)c3)o2)nc1. The zero-order valence-electron chi connectivity index (χ0n) is 10.8. The van der Waals surface area contributed by atoms with Gasteiger partial charge in [-0.1, -0.05) is 17.2 Å². The highest BCUT2D eigenvalue weighted by atomic mass is 19.1. The Morgan fingerprint density at radius 3 is 2.86 bits per heavy atom. The largest absolute Gasteiger partial charge is 0.506 e. The number of nitrogens with zero attached hydrogens (tertiary/aromatic N) is 3. The summed E-state index contributed by atoms with van der Waals surface area (Å²) in [7, 11) is 0. The lowest BCUT2D eigenvalue weighted by molar-refractivity contribution is 0.472. The lowest BCUT2D eigenvalue weighted by Gasteiger charge is -2.01. The van der Waals surface area contributed by atoms with Gasteiger partial charge in [0, 0.05) is 6.54 Å². The van der Waals surface area contributed by atoms with E-state index in [1.54, 1.807) is 18.2 Å². The van der Waals surface area contributed by atoms with E-state index in [0.29, 0.717) is 12.2 Å². The average Bonchev–Trinajstić information content (AvgIpc) is 2.95. The number of hydrogen-bond donors (Lipinski definition) is 2. The minimum absolute atomic E-state index is 0.0581. The molecule has 6 nitrogen and oxygen atoms in total. The molecule has 0 unspecified atom stereocenters. The highest BCUT2D eigenvalue weighted by Crippen LogP contribution is 2.19. The topological polar surface area (TPSA) is 84.1 Å². The van der Waals surface area contributed by atoms with Crippen LogP contribution < -0.4 is 5.32 Å². The van der Waals surface area contributed by atoms with E-state index in [1.807, 2.05) is 0 Å². The minimum Gasteiger partial charge on any atom is -0.506 e. The summed E-state index contributed by atoms with van der Waals surface area (Å²) >= 11 is 0. The maximum atomic E-state index is 13.0. The van der Waals surface area contributed by atoms with Crippen LogP contribution in [0.2, 0.25) is 0 Å². The molecule has 1 aromatic carbocycles. The predicted molar refractivity (Wildman–Crippen MR) is 72.9 cm³/mol. The Labute approximate surface area is 119 Å². The van der Waals surface area contributed by atoms with E-state index in [4.69, 9.17) is 9.52 Å². The molecule has 106 valence electrons. The van der Waals surface area contributed by atoms with E-state index in [2.05, 4.69) is 20.5 Å². The van der Waals surface area contributed by atoms with E-state index < -0.39 is 0 Å². The molecule has 3 rings (SSSR count). The maximum Gasteiger partial charge on any atom is 0.316 e. The molecule has 2 N–H and O–H groups in total.